The van der Waals surface area contributed by atoms with E-state index in [0.717, 1.165) is 25.9 Å². The monoisotopic (exact) mass is 235 g/mol. The molecule has 1 aromatic heterocycles. The predicted octanol–water partition coefficient (Wildman–Crippen LogP) is 0.992. The van der Waals surface area contributed by atoms with Crippen LogP contribution in [0.25, 0.3) is 0 Å². The topological polar surface area (TPSA) is 46.1 Å². The second-order valence-corrected chi connectivity index (χ2v) is 4.79. The van der Waals surface area contributed by atoms with Gasteiger partial charge in [0.1, 0.15) is 0 Å². The van der Waals surface area contributed by atoms with E-state index in [2.05, 4.69) is 22.1 Å². The Hall–Kier alpha value is -1.29. The van der Waals surface area contributed by atoms with Crippen molar-refractivity contribution in [3.05, 3.63) is 24.5 Å². The Morgan fingerprint density at radius 2 is 2.24 bits per heavy atom. The van der Waals surface area contributed by atoms with Crippen molar-refractivity contribution in [3.63, 3.8) is 0 Å². The highest BCUT2D eigenvalue weighted by molar-refractivity contribution is 5.78. The molecule has 2 rings (SSSR count). The molecule has 1 aliphatic heterocycles. The fourth-order valence-corrected chi connectivity index (χ4v) is 2.34. The maximum absolute atomic E-state index is 11.9. The van der Waals surface area contributed by atoms with Crippen LogP contribution < -0.4 is 10.6 Å². The molecule has 0 radical (unpaired) electrons. The first-order chi connectivity index (χ1) is 8.25. The maximum Gasteiger partial charge on any atom is 0.223 e. The van der Waals surface area contributed by atoms with Crippen molar-refractivity contribution in [2.45, 2.75) is 32.4 Å². The molecule has 2 N–H and O–H groups in total. The van der Waals surface area contributed by atoms with Gasteiger partial charge in [0, 0.05) is 37.4 Å². The minimum absolute atomic E-state index is 0.191. The zero-order valence-electron chi connectivity index (χ0n) is 10.4. The highest BCUT2D eigenvalue weighted by atomic mass is 16.1. The molecule has 1 amide bonds. The molecule has 0 saturated carbocycles. The summed E-state index contributed by atoms with van der Waals surface area (Å²) < 4.78 is 2.07. The first kappa shape index (κ1) is 12.2. The molecule has 2 unspecified atom stereocenters. The average molecular weight is 235 g/mol. The summed E-state index contributed by atoms with van der Waals surface area (Å²) in [6.07, 6.45) is 5.94. The Labute approximate surface area is 102 Å². The van der Waals surface area contributed by atoms with Gasteiger partial charge in [-0.05, 0) is 38.4 Å². The molecule has 1 fully saturated rings. The molecule has 1 saturated heterocycles. The fraction of sp³-hybridized carbons (Fsp3) is 0.615. The largest absolute Gasteiger partial charge is 0.354 e. The summed E-state index contributed by atoms with van der Waals surface area (Å²) in [6.45, 7) is 4.65. The van der Waals surface area contributed by atoms with Crippen LogP contribution in [0.1, 0.15) is 19.8 Å². The van der Waals surface area contributed by atoms with Crippen LogP contribution in [0.4, 0.5) is 0 Å². The van der Waals surface area contributed by atoms with Crippen LogP contribution in [0.3, 0.4) is 0 Å². The number of rotatable bonds is 4. The van der Waals surface area contributed by atoms with E-state index in [0.29, 0.717) is 12.6 Å². The molecule has 0 aliphatic carbocycles. The van der Waals surface area contributed by atoms with Gasteiger partial charge in [-0.2, -0.15) is 0 Å². The second kappa shape index (κ2) is 5.87. The third-order valence-electron chi connectivity index (χ3n) is 3.33. The Kier molecular flexibility index (Phi) is 4.20. The summed E-state index contributed by atoms with van der Waals surface area (Å²) in [5, 5.41) is 6.38. The molecule has 4 nitrogen and oxygen atoms in total. The highest BCUT2D eigenvalue weighted by Gasteiger charge is 2.24. The van der Waals surface area contributed by atoms with Crippen molar-refractivity contribution >= 4 is 5.91 Å². The number of piperidine rings is 1. The van der Waals surface area contributed by atoms with E-state index >= 15 is 0 Å². The molecule has 2 atom stereocenters. The summed E-state index contributed by atoms with van der Waals surface area (Å²) >= 11 is 0. The lowest BCUT2D eigenvalue weighted by Gasteiger charge is -2.27. The standard InChI is InChI=1S/C13H21N3O/c1-11-10-12(4-5-14-11)13(17)15-6-9-16-7-2-3-8-16/h2-3,7-8,11-12,14H,4-6,9-10H2,1H3,(H,15,17). The van der Waals surface area contributed by atoms with Crippen molar-refractivity contribution in [3.8, 4) is 0 Å². The highest BCUT2D eigenvalue weighted by Crippen LogP contribution is 2.15. The summed E-state index contributed by atoms with van der Waals surface area (Å²) in [5.41, 5.74) is 0. The van der Waals surface area contributed by atoms with Crippen LogP contribution in [0.5, 0.6) is 0 Å². The molecule has 0 bridgehead atoms. The van der Waals surface area contributed by atoms with E-state index in [1.807, 2.05) is 24.5 Å². The van der Waals surface area contributed by atoms with Gasteiger partial charge in [-0.15, -0.1) is 0 Å². The molecule has 0 aromatic carbocycles. The van der Waals surface area contributed by atoms with Gasteiger partial charge in [0.15, 0.2) is 0 Å². The number of nitrogens with one attached hydrogen (secondary N) is 2. The average Bonchev–Trinajstić information content (AvgIpc) is 2.82. The van der Waals surface area contributed by atoms with E-state index in [1.54, 1.807) is 0 Å². The molecule has 4 heteroatoms. The van der Waals surface area contributed by atoms with Crippen LogP contribution in [0.2, 0.25) is 0 Å². The van der Waals surface area contributed by atoms with E-state index in [-0.39, 0.29) is 11.8 Å². The lowest BCUT2D eigenvalue weighted by Crippen LogP contribution is -2.42. The number of nitrogens with zero attached hydrogens (tertiary/aromatic N) is 1. The van der Waals surface area contributed by atoms with Crippen LogP contribution in [0.15, 0.2) is 24.5 Å². The molecule has 94 valence electrons. The minimum Gasteiger partial charge on any atom is -0.354 e. The minimum atomic E-state index is 0.191. The van der Waals surface area contributed by atoms with E-state index in [4.69, 9.17) is 0 Å². The van der Waals surface area contributed by atoms with Crippen molar-refractivity contribution in [2.75, 3.05) is 13.1 Å². The SMILES string of the molecule is CC1CC(C(=O)NCCn2cccc2)CCN1. The van der Waals surface area contributed by atoms with Crippen LogP contribution in [-0.2, 0) is 11.3 Å². The number of aromatic nitrogens is 1. The Balaban J connectivity index is 1.70. The van der Waals surface area contributed by atoms with Crippen molar-refractivity contribution in [1.29, 1.82) is 0 Å². The Bertz CT molecular complexity index is 348. The molecule has 0 spiro atoms. The predicted molar refractivity (Wildman–Crippen MR) is 67.6 cm³/mol. The fourth-order valence-electron chi connectivity index (χ4n) is 2.34. The quantitative estimate of drug-likeness (QED) is 0.817. The zero-order chi connectivity index (χ0) is 12.1. The zero-order valence-corrected chi connectivity index (χ0v) is 10.4. The second-order valence-electron chi connectivity index (χ2n) is 4.79. The van der Waals surface area contributed by atoms with Gasteiger partial charge < -0.3 is 15.2 Å². The molecule has 17 heavy (non-hydrogen) atoms. The van der Waals surface area contributed by atoms with Gasteiger partial charge in [-0.3, -0.25) is 4.79 Å². The first-order valence-electron chi connectivity index (χ1n) is 6.37. The molecule has 1 aliphatic rings. The summed E-state index contributed by atoms with van der Waals surface area (Å²) in [6, 6.07) is 4.45. The van der Waals surface area contributed by atoms with E-state index in [9.17, 15) is 4.79 Å². The molecular weight excluding hydrogens is 214 g/mol. The van der Waals surface area contributed by atoms with Gasteiger partial charge in [0.05, 0.1) is 0 Å². The van der Waals surface area contributed by atoms with E-state index < -0.39 is 0 Å². The van der Waals surface area contributed by atoms with E-state index in [1.165, 1.54) is 0 Å². The summed E-state index contributed by atoms with van der Waals surface area (Å²) in [7, 11) is 0. The smallest absolute Gasteiger partial charge is 0.223 e. The lowest BCUT2D eigenvalue weighted by atomic mass is 9.92. The van der Waals surface area contributed by atoms with Crippen LogP contribution in [0, 0.1) is 5.92 Å². The van der Waals surface area contributed by atoms with Gasteiger partial charge in [-0.1, -0.05) is 0 Å². The number of amides is 1. The van der Waals surface area contributed by atoms with Crippen LogP contribution >= 0.6 is 0 Å². The Morgan fingerprint density at radius 1 is 1.47 bits per heavy atom. The normalized spacial score (nSPS) is 24.5. The van der Waals surface area contributed by atoms with Gasteiger partial charge >= 0.3 is 0 Å². The molecule has 1 aromatic rings. The number of hydrogen-bond donors (Lipinski definition) is 2. The summed E-state index contributed by atoms with van der Waals surface area (Å²) in [4.78, 5) is 11.9. The van der Waals surface area contributed by atoms with Crippen LogP contribution in [-0.4, -0.2) is 29.6 Å². The van der Waals surface area contributed by atoms with Crippen molar-refractivity contribution in [2.24, 2.45) is 5.92 Å². The first-order valence-corrected chi connectivity index (χ1v) is 6.37. The van der Waals surface area contributed by atoms with Gasteiger partial charge in [0.2, 0.25) is 5.91 Å². The molecule has 2 heterocycles. The maximum atomic E-state index is 11.9. The Morgan fingerprint density at radius 3 is 2.94 bits per heavy atom. The molecular formula is C13H21N3O. The van der Waals surface area contributed by atoms with Crippen molar-refractivity contribution in [1.82, 2.24) is 15.2 Å². The van der Waals surface area contributed by atoms with Crippen molar-refractivity contribution < 1.29 is 4.79 Å². The van der Waals surface area contributed by atoms with Gasteiger partial charge in [-0.25, -0.2) is 0 Å². The third-order valence-corrected chi connectivity index (χ3v) is 3.33. The summed E-state index contributed by atoms with van der Waals surface area (Å²) in [5.74, 6) is 0.404. The van der Waals surface area contributed by atoms with Gasteiger partial charge in [0.25, 0.3) is 0 Å². The number of carbonyl (C=O) groups is 1. The number of hydrogen-bond acceptors (Lipinski definition) is 2. The lowest BCUT2D eigenvalue weighted by molar-refractivity contribution is -0.126. The number of carbonyl (C=O) groups excluding carboxylic acids is 1. The third kappa shape index (κ3) is 3.60.